The summed E-state index contributed by atoms with van der Waals surface area (Å²) in [6, 6.07) is 9.00. The molecular formula is C15H22N2. The maximum atomic E-state index is 5.89. The summed E-state index contributed by atoms with van der Waals surface area (Å²) in [4.78, 5) is 0. The molecule has 1 fully saturated rings. The number of benzene rings is 1. The van der Waals surface area contributed by atoms with E-state index < -0.39 is 0 Å². The standard InChI is InChI=1S/C15H22N2/c1-2-3-10-17-15(11-16)14-7-5-4-6-13(14)12-8-9-12/h2,4-7,12,15,17H,1,3,8-11,16H2. The van der Waals surface area contributed by atoms with E-state index in [4.69, 9.17) is 5.73 Å². The lowest BCUT2D eigenvalue weighted by Crippen LogP contribution is -2.29. The highest BCUT2D eigenvalue weighted by atomic mass is 14.9. The van der Waals surface area contributed by atoms with E-state index in [1.165, 1.54) is 24.0 Å². The van der Waals surface area contributed by atoms with Gasteiger partial charge in [-0.2, -0.15) is 0 Å². The van der Waals surface area contributed by atoms with Gasteiger partial charge in [0.25, 0.3) is 0 Å². The summed E-state index contributed by atoms with van der Waals surface area (Å²) in [7, 11) is 0. The van der Waals surface area contributed by atoms with Crippen LogP contribution in [0.4, 0.5) is 0 Å². The third-order valence-electron chi connectivity index (χ3n) is 3.36. The molecule has 0 saturated heterocycles. The largest absolute Gasteiger partial charge is 0.329 e. The second-order valence-corrected chi connectivity index (χ2v) is 4.72. The van der Waals surface area contributed by atoms with Gasteiger partial charge in [0.2, 0.25) is 0 Å². The third-order valence-corrected chi connectivity index (χ3v) is 3.36. The van der Waals surface area contributed by atoms with Gasteiger partial charge in [0.1, 0.15) is 0 Å². The summed E-state index contributed by atoms with van der Waals surface area (Å²) in [5.41, 5.74) is 8.77. The number of hydrogen-bond acceptors (Lipinski definition) is 2. The van der Waals surface area contributed by atoms with Gasteiger partial charge in [0.15, 0.2) is 0 Å². The van der Waals surface area contributed by atoms with E-state index in [-0.39, 0.29) is 6.04 Å². The molecule has 0 heterocycles. The van der Waals surface area contributed by atoms with Gasteiger partial charge < -0.3 is 11.1 Å². The molecule has 0 radical (unpaired) electrons. The summed E-state index contributed by atoms with van der Waals surface area (Å²) >= 11 is 0. The molecule has 2 nitrogen and oxygen atoms in total. The van der Waals surface area contributed by atoms with Gasteiger partial charge in [-0.25, -0.2) is 0 Å². The maximum Gasteiger partial charge on any atom is 0.0447 e. The van der Waals surface area contributed by atoms with Crippen LogP contribution in [0.25, 0.3) is 0 Å². The van der Waals surface area contributed by atoms with Crippen molar-refractivity contribution in [2.45, 2.75) is 31.2 Å². The SMILES string of the molecule is C=CCCNC(CN)c1ccccc1C1CC1. The average Bonchev–Trinajstić information content (AvgIpc) is 3.19. The fraction of sp³-hybridized carbons (Fsp3) is 0.467. The van der Waals surface area contributed by atoms with Gasteiger partial charge in [-0.15, -0.1) is 6.58 Å². The van der Waals surface area contributed by atoms with Crippen molar-refractivity contribution in [3.8, 4) is 0 Å². The summed E-state index contributed by atoms with van der Waals surface area (Å²) in [5, 5.41) is 3.51. The van der Waals surface area contributed by atoms with Crippen molar-refractivity contribution in [3.63, 3.8) is 0 Å². The quantitative estimate of drug-likeness (QED) is 0.558. The lowest BCUT2D eigenvalue weighted by molar-refractivity contribution is 0.544. The van der Waals surface area contributed by atoms with Crippen LogP contribution in [-0.4, -0.2) is 13.1 Å². The van der Waals surface area contributed by atoms with E-state index in [2.05, 4.69) is 36.2 Å². The molecule has 1 saturated carbocycles. The molecule has 1 aromatic rings. The first-order chi connectivity index (χ1) is 8.36. The number of nitrogens with one attached hydrogen (secondary N) is 1. The number of nitrogens with two attached hydrogens (primary N) is 1. The Balaban J connectivity index is 2.09. The van der Waals surface area contributed by atoms with Gasteiger partial charge in [0.05, 0.1) is 0 Å². The highest BCUT2D eigenvalue weighted by Gasteiger charge is 2.27. The Bertz CT molecular complexity index is 369. The predicted octanol–water partition coefficient (Wildman–Crippen LogP) is 2.73. The molecule has 3 N–H and O–H groups in total. The summed E-state index contributed by atoms with van der Waals surface area (Å²) in [6.45, 7) is 5.34. The zero-order chi connectivity index (χ0) is 12.1. The van der Waals surface area contributed by atoms with Gasteiger partial charge in [0, 0.05) is 12.6 Å². The van der Waals surface area contributed by atoms with E-state index >= 15 is 0 Å². The minimum absolute atomic E-state index is 0.284. The van der Waals surface area contributed by atoms with Gasteiger partial charge in [-0.3, -0.25) is 0 Å². The highest BCUT2D eigenvalue weighted by Crippen LogP contribution is 2.42. The van der Waals surface area contributed by atoms with Crippen molar-refractivity contribution in [1.82, 2.24) is 5.32 Å². The fourth-order valence-corrected chi connectivity index (χ4v) is 2.27. The summed E-state index contributed by atoms with van der Waals surface area (Å²) in [6.07, 6.45) is 5.59. The molecule has 1 atom stereocenters. The van der Waals surface area contributed by atoms with Gasteiger partial charge >= 0.3 is 0 Å². The van der Waals surface area contributed by atoms with E-state index in [1.807, 2.05) is 6.08 Å². The van der Waals surface area contributed by atoms with Crippen molar-refractivity contribution in [2.75, 3.05) is 13.1 Å². The molecule has 0 spiro atoms. The van der Waals surface area contributed by atoms with E-state index in [0.717, 1.165) is 18.9 Å². The van der Waals surface area contributed by atoms with Crippen molar-refractivity contribution in [2.24, 2.45) is 5.73 Å². The third kappa shape index (κ3) is 3.18. The van der Waals surface area contributed by atoms with Crippen LogP contribution in [0.5, 0.6) is 0 Å². The van der Waals surface area contributed by atoms with E-state index in [9.17, 15) is 0 Å². The minimum atomic E-state index is 0.284. The van der Waals surface area contributed by atoms with Crippen LogP contribution in [0.15, 0.2) is 36.9 Å². The van der Waals surface area contributed by atoms with Crippen molar-refractivity contribution < 1.29 is 0 Å². The summed E-state index contributed by atoms with van der Waals surface area (Å²) in [5.74, 6) is 0.779. The highest BCUT2D eigenvalue weighted by molar-refractivity contribution is 5.35. The number of hydrogen-bond donors (Lipinski definition) is 2. The zero-order valence-corrected chi connectivity index (χ0v) is 10.4. The monoisotopic (exact) mass is 230 g/mol. The molecule has 1 aliphatic rings. The number of rotatable bonds is 7. The normalized spacial score (nSPS) is 16.8. The smallest absolute Gasteiger partial charge is 0.0447 e. The van der Waals surface area contributed by atoms with Gasteiger partial charge in [-0.1, -0.05) is 30.3 Å². The molecule has 17 heavy (non-hydrogen) atoms. The molecule has 1 unspecified atom stereocenters. The topological polar surface area (TPSA) is 38.0 Å². The fourth-order valence-electron chi connectivity index (χ4n) is 2.27. The Labute approximate surface area is 104 Å². The molecule has 2 rings (SSSR count). The van der Waals surface area contributed by atoms with Crippen LogP contribution >= 0.6 is 0 Å². The first-order valence-electron chi connectivity index (χ1n) is 6.50. The average molecular weight is 230 g/mol. The maximum absolute atomic E-state index is 5.89. The Morgan fingerprint density at radius 2 is 2.18 bits per heavy atom. The second kappa shape index (κ2) is 5.99. The molecule has 0 bridgehead atoms. The zero-order valence-electron chi connectivity index (χ0n) is 10.4. The van der Waals surface area contributed by atoms with Crippen molar-refractivity contribution in [1.29, 1.82) is 0 Å². The molecule has 1 aliphatic carbocycles. The summed E-state index contributed by atoms with van der Waals surface area (Å²) < 4.78 is 0. The van der Waals surface area contributed by atoms with Crippen LogP contribution < -0.4 is 11.1 Å². The molecular weight excluding hydrogens is 208 g/mol. The molecule has 2 heteroatoms. The second-order valence-electron chi connectivity index (χ2n) is 4.72. The molecule has 1 aromatic carbocycles. The first-order valence-corrected chi connectivity index (χ1v) is 6.50. The van der Waals surface area contributed by atoms with Crippen LogP contribution in [0, 0.1) is 0 Å². The first kappa shape index (κ1) is 12.3. The molecule has 0 aromatic heterocycles. The van der Waals surface area contributed by atoms with Crippen molar-refractivity contribution >= 4 is 0 Å². The van der Waals surface area contributed by atoms with E-state index in [1.54, 1.807) is 0 Å². The molecule has 0 amide bonds. The lowest BCUT2D eigenvalue weighted by atomic mass is 9.97. The minimum Gasteiger partial charge on any atom is -0.329 e. The Kier molecular flexibility index (Phi) is 4.35. The van der Waals surface area contributed by atoms with E-state index in [0.29, 0.717) is 6.54 Å². The lowest BCUT2D eigenvalue weighted by Gasteiger charge is -2.20. The van der Waals surface area contributed by atoms with Crippen LogP contribution in [-0.2, 0) is 0 Å². The Morgan fingerprint density at radius 3 is 2.82 bits per heavy atom. The van der Waals surface area contributed by atoms with Crippen LogP contribution in [0.2, 0.25) is 0 Å². The Hall–Kier alpha value is -1.12. The predicted molar refractivity (Wildman–Crippen MR) is 73.0 cm³/mol. The molecule has 0 aliphatic heterocycles. The Morgan fingerprint density at radius 1 is 1.41 bits per heavy atom. The van der Waals surface area contributed by atoms with Crippen molar-refractivity contribution in [3.05, 3.63) is 48.0 Å². The van der Waals surface area contributed by atoms with Gasteiger partial charge in [-0.05, 0) is 42.9 Å². The molecule has 92 valence electrons. The van der Waals surface area contributed by atoms with Crippen LogP contribution in [0.3, 0.4) is 0 Å². The van der Waals surface area contributed by atoms with Crippen LogP contribution in [0.1, 0.15) is 42.3 Å².